The fraction of sp³-hybridized carbons (Fsp3) is 0.0435. The van der Waals surface area contributed by atoms with E-state index >= 15 is 0 Å². The predicted molar refractivity (Wildman–Crippen MR) is 126 cm³/mol. The highest BCUT2D eigenvalue weighted by Gasteiger charge is 2.09. The molecule has 0 spiro atoms. The number of halogens is 3. The van der Waals surface area contributed by atoms with E-state index in [4.69, 9.17) is 34.8 Å². The zero-order valence-electron chi connectivity index (χ0n) is 16.0. The number of benzene rings is 3. The second-order valence-corrected chi connectivity index (χ2v) is 8.06. The molecule has 4 aromatic rings. The molecule has 31 heavy (non-hydrogen) atoms. The third-order valence-electron chi connectivity index (χ3n) is 4.76. The number of rotatable bonds is 5. The van der Waals surface area contributed by atoms with Crippen molar-refractivity contribution < 1.29 is 9.90 Å². The lowest BCUT2D eigenvalue weighted by Gasteiger charge is -2.07. The van der Waals surface area contributed by atoms with Crippen LogP contribution in [0.3, 0.4) is 0 Å². The van der Waals surface area contributed by atoms with Gasteiger partial charge in [-0.2, -0.15) is 5.10 Å². The van der Waals surface area contributed by atoms with E-state index in [2.05, 4.69) is 15.1 Å². The van der Waals surface area contributed by atoms with E-state index in [1.165, 1.54) is 18.2 Å². The van der Waals surface area contributed by atoms with Crippen molar-refractivity contribution in [2.24, 2.45) is 5.10 Å². The van der Waals surface area contributed by atoms with Crippen LogP contribution in [0.4, 0.5) is 0 Å². The highest BCUT2D eigenvalue weighted by molar-refractivity contribution is 6.42. The molecule has 5 nitrogen and oxygen atoms in total. The molecular formula is C23H16Cl3N3O2. The molecule has 0 saturated carbocycles. The number of carbonyl (C=O) groups is 1. The van der Waals surface area contributed by atoms with E-state index in [0.29, 0.717) is 22.2 Å². The number of carbonyl (C=O) groups excluding carboxylic acids is 1. The summed E-state index contributed by atoms with van der Waals surface area (Å²) in [7, 11) is 0. The Kier molecular flexibility index (Phi) is 6.18. The maximum atomic E-state index is 12.2. The van der Waals surface area contributed by atoms with Crippen molar-refractivity contribution in [3.8, 4) is 5.75 Å². The first kappa shape index (κ1) is 21.2. The van der Waals surface area contributed by atoms with Gasteiger partial charge in [0.05, 0.1) is 21.3 Å². The number of nitrogens with zero attached hydrogens (tertiary/aromatic N) is 2. The molecule has 156 valence electrons. The third-order valence-corrected chi connectivity index (χ3v) is 5.81. The zero-order valence-corrected chi connectivity index (χ0v) is 18.3. The molecule has 8 heteroatoms. The van der Waals surface area contributed by atoms with Crippen LogP contribution < -0.4 is 5.43 Å². The molecule has 0 saturated heterocycles. The minimum atomic E-state index is -0.428. The predicted octanol–water partition coefficient (Wildman–Crippen LogP) is 6.12. The Morgan fingerprint density at radius 1 is 1.00 bits per heavy atom. The summed E-state index contributed by atoms with van der Waals surface area (Å²) in [6.07, 6.45) is 3.58. The van der Waals surface area contributed by atoms with Gasteiger partial charge in [0.1, 0.15) is 5.75 Å². The van der Waals surface area contributed by atoms with Gasteiger partial charge in [-0.3, -0.25) is 4.79 Å². The third kappa shape index (κ3) is 4.69. The summed E-state index contributed by atoms with van der Waals surface area (Å²) in [5.74, 6) is -0.513. The van der Waals surface area contributed by atoms with Crippen LogP contribution in [0, 0.1) is 0 Å². The Morgan fingerprint density at radius 3 is 2.61 bits per heavy atom. The fourth-order valence-electron chi connectivity index (χ4n) is 3.21. The first-order chi connectivity index (χ1) is 14.9. The van der Waals surface area contributed by atoms with Gasteiger partial charge in [0.25, 0.3) is 5.91 Å². The number of phenolic OH excluding ortho intramolecular Hbond substituents is 1. The molecule has 1 heterocycles. The lowest BCUT2D eigenvalue weighted by molar-refractivity contribution is 0.0955. The van der Waals surface area contributed by atoms with E-state index < -0.39 is 5.91 Å². The second kappa shape index (κ2) is 9.02. The van der Waals surface area contributed by atoms with Gasteiger partial charge in [0.2, 0.25) is 0 Å². The molecule has 0 aliphatic carbocycles. The largest absolute Gasteiger partial charge is 0.506 e. The van der Waals surface area contributed by atoms with E-state index in [0.717, 1.165) is 22.0 Å². The summed E-state index contributed by atoms with van der Waals surface area (Å²) in [4.78, 5) is 12.2. The van der Waals surface area contributed by atoms with Crippen LogP contribution in [0.25, 0.3) is 10.9 Å². The van der Waals surface area contributed by atoms with E-state index in [1.54, 1.807) is 12.3 Å². The normalized spacial score (nSPS) is 11.3. The number of phenols is 1. The molecule has 1 amide bonds. The number of hydrazone groups is 1. The maximum absolute atomic E-state index is 12.2. The molecule has 0 bridgehead atoms. The fourth-order valence-corrected chi connectivity index (χ4v) is 3.71. The van der Waals surface area contributed by atoms with Crippen molar-refractivity contribution in [1.82, 2.24) is 9.99 Å². The van der Waals surface area contributed by atoms with Crippen molar-refractivity contribution in [2.45, 2.75) is 6.54 Å². The number of amides is 1. The maximum Gasteiger partial charge on any atom is 0.271 e. The summed E-state index contributed by atoms with van der Waals surface area (Å²) in [5, 5.41) is 15.7. The number of hydrogen-bond donors (Lipinski definition) is 2. The number of nitrogens with one attached hydrogen (secondary N) is 1. The SMILES string of the molecule is O=C(N/N=C/c1cccc2c1ccn2Cc1ccc(Cl)c(Cl)c1)c1ccc(O)c(Cl)c1. The quantitative estimate of drug-likeness (QED) is 0.271. The molecule has 1 aromatic heterocycles. The van der Waals surface area contributed by atoms with Crippen molar-refractivity contribution in [3.63, 3.8) is 0 Å². The minimum Gasteiger partial charge on any atom is -0.506 e. The van der Waals surface area contributed by atoms with Gasteiger partial charge in [-0.1, -0.05) is 53.0 Å². The van der Waals surface area contributed by atoms with Crippen LogP contribution in [0.5, 0.6) is 5.75 Å². The van der Waals surface area contributed by atoms with E-state index in [9.17, 15) is 9.90 Å². The average Bonchev–Trinajstić information content (AvgIpc) is 3.16. The molecule has 2 N–H and O–H groups in total. The lowest BCUT2D eigenvalue weighted by atomic mass is 10.1. The zero-order chi connectivity index (χ0) is 22.0. The van der Waals surface area contributed by atoms with Crippen LogP contribution in [-0.4, -0.2) is 21.8 Å². The molecule has 0 unspecified atom stereocenters. The van der Waals surface area contributed by atoms with Crippen LogP contribution in [0.1, 0.15) is 21.5 Å². The van der Waals surface area contributed by atoms with E-state index in [1.807, 2.05) is 42.6 Å². The second-order valence-electron chi connectivity index (χ2n) is 6.84. The van der Waals surface area contributed by atoms with Gasteiger partial charge in [0, 0.05) is 34.8 Å². The summed E-state index contributed by atoms with van der Waals surface area (Å²) in [5.41, 5.74) is 5.68. The molecule has 4 rings (SSSR count). The molecule has 0 radical (unpaired) electrons. The van der Waals surface area contributed by atoms with Gasteiger partial charge < -0.3 is 9.67 Å². The number of aromatic hydroxyl groups is 1. The van der Waals surface area contributed by atoms with Gasteiger partial charge in [-0.25, -0.2) is 5.43 Å². The van der Waals surface area contributed by atoms with Crippen LogP contribution >= 0.6 is 34.8 Å². The number of hydrogen-bond acceptors (Lipinski definition) is 3. The highest BCUT2D eigenvalue weighted by Crippen LogP contribution is 2.25. The average molecular weight is 473 g/mol. The topological polar surface area (TPSA) is 66.6 Å². The van der Waals surface area contributed by atoms with Gasteiger partial charge in [0.15, 0.2) is 0 Å². The van der Waals surface area contributed by atoms with Crippen molar-refractivity contribution in [1.29, 1.82) is 0 Å². The van der Waals surface area contributed by atoms with Gasteiger partial charge >= 0.3 is 0 Å². The van der Waals surface area contributed by atoms with Crippen molar-refractivity contribution >= 4 is 57.8 Å². The first-order valence-corrected chi connectivity index (χ1v) is 10.4. The monoisotopic (exact) mass is 471 g/mol. The summed E-state index contributed by atoms with van der Waals surface area (Å²) >= 11 is 18.0. The number of fused-ring (bicyclic) bond motifs is 1. The highest BCUT2D eigenvalue weighted by atomic mass is 35.5. The standard InChI is InChI=1S/C23H16Cl3N3O2/c24-18-6-4-14(10-19(18)25)13-29-9-8-17-16(2-1-3-21(17)29)12-27-28-23(31)15-5-7-22(30)20(26)11-15/h1-12,30H,13H2,(H,28,31)/b27-12+. The Bertz CT molecular complexity index is 1310. The Morgan fingerprint density at radius 2 is 1.84 bits per heavy atom. The Balaban J connectivity index is 1.52. The minimum absolute atomic E-state index is 0.0845. The Hall–Kier alpha value is -2.99. The smallest absolute Gasteiger partial charge is 0.271 e. The van der Waals surface area contributed by atoms with Crippen LogP contribution in [-0.2, 0) is 6.54 Å². The van der Waals surface area contributed by atoms with Crippen molar-refractivity contribution in [3.05, 3.63) is 98.6 Å². The molecule has 0 aliphatic heterocycles. The molecule has 0 atom stereocenters. The van der Waals surface area contributed by atoms with Gasteiger partial charge in [-0.15, -0.1) is 0 Å². The summed E-state index contributed by atoms with van der Waals surface area (Å²) in [6.45, 7) is 0.638. The molecule has 0 fully saturated rings. The lowest BCUT2D eigenvalue weighted by Crippen LogP contribution is -2.17. The Labute approximate surface area is 193 Å². The molecular weight excluding hydrogens is 457 g/mol. The van der Waals surface area contributed by atoms with Crippen LogP contribution in [0.2, 0.25) is 15.1 Å². The summed E-state index contributed by atoms with van der Waals surface area (Å²) in [6, 6.07) is 17.6. The first-order valence-electron chi connectivity index (χ1n) is 9.26. The number of aromatic nitrogens is 1. The van der Waals surface area contributed by atoms with Gasteiger partial charge in [-0.05, 0) is 48.0 Å². The molecule has 0 aliphatic rings. The summed E-state index contributed by atoms with van der Waals surface area (Å²) < 4.78 is 2.10. The van der Waals surface area contributed by atoms with Crippen LogP contribution in [0.15, 0.2) is 72.0 Å². The van der Waals surface area contributed by atoms with E-state index in [-0.39, 0.29) is 10.8 Å². The van der Waals surface area contributed by atoms with Crippen molar-refractivity contribution in [2.75, 3.05) is 0 Å². The molecule has 3 aromatic carbocycles.